The summed E-state index contributed by atoms with van der Waals surface area (Å²) in [6.07, 6.45) is 1.60. The molecule has 0 unspecified atom stereocenters. The lowest BCUT2D eigenvalue weighted by atomic mass is 10.1. The number of amides is 2. The average molecular weight is 425 g/mol. The molecule has 1 atom stereocenters. The molecule has 2 amide bonds. The van der Waals surface area contributed by atoms with Crippen molar-refractivity contribution in [1.29, 1.82) is 0 Å². The van der Waals surface area contributed by atoms with E-state index in [0.29, 0.717) is 16.6 Å². The van der Waals surface area contributed by atoms with Crippen LogP contribution in [0.5, 0.6) is 0 Å². The molecule has 4 aromatic rings. The maximum atomic E-state index is 12.9. The van der Waals surface area contributed by atoms with E-state index in [9.17, 15) is 14.4 Å². The van der Waals surface area contributed by atoms with Crippen LogP contribution in [0.25, 0.3) is 10.8 Å². The van der Waals surface area contributed by atoms with Crippen LogP contribution in [0.3, 0.4) is 0 Å². The number of para-hydroxylation sites is 1. The lowest BCUT2D eigenvalue weighted by Crippen LogP contribution is -2.30. The molecule has 1 heterocycles. The molecule has 0 aliphatic carbocycles. The maximum Gasteiger partial charge on any atom is 0.258 e. The summed E-state index contributed by atoms with van der Waals surface area (Å²) in [6.45, 7) is 1.75. The van der Waals surface area contributed by atoms with Crippen molar-refractivity contribution >= 4 is 28.3 Å². The molecule has 6 heteroatoms. The molecular weight excluding hydrogens is 402 g/mol. The third-order valence-electron chi connectivity index (χ3n) is 5.29. The summed E-state index contributed by atoms with van der Waals surface area (Å²) in [5.41, 5.74) is 1.50. The molecule has 0 bridgehead atoms. The van der Waals surface area contributed by atoms with Crippen molar-refractivity contribution in [2.45, 2.75) is 19.5 Å². The number of carbonyl (C=O) groups is 2. The number of pyridine rings is 1. The molecule has 0 radical (unpaired) electrons. The van der Waals surface area contributed by atoms with Gasteiger partial charge in [-0.2, -0.15) is 0 Å². The van der Waals surface area contributed by atoms with E-state index in [1.165, 1.54) is 4.57 Å². The number of hydrogen-bond acceptors (Lipinski definition) is 3. The molecule has 32 heavy (non-hydrogen) atoms. The minimum Gasteiger partial charge on any atom is -0.345 e. The fourth-order valence-corrected chi connectivity index (χ4v) is 3.59. The minimum absolute atomic E-state index is 0.153. The summed E-state index contributed by atoms with van der Waals surface area (Å²) in [7, 11) is 0. The van der Waals surface area contributed by atoms with E-state index in [-0.39, 0.29) is 24.1 Å². The normalized spacial score (nSPS) is 11.7. The minimum atomic E-state index is -0.390. The fraction of sp³-hybridized carbons (Fsp3) is 0.115. The lowest BCUT2D eigenvalue weighted by Gasteiger charge is -2.16. The van der Waals surface area contributed by atoms with Gasteiger partial charge in [0.1, 0.15) is 6.54 Å². The number of anilines is 1. The van der Waals surface area contributed by atoms with Crippen LogP contribution < -0.4 is 16.2 Å². The van der Waals surface area contributed by atoms with Gasteiger partial charge in [-0.25, -0.2) is 0 Å². The van der Waals surface area contributed by atoms with Gasteiger partial charge in [0.2, 0.25) is 5.91 Å². The Morgan fingerprint density at radius 2 is 1.56 bits per heavy atom. The topological polar surface area (TPSA) is 80.2 Å². The Morgan fingerprint density at radius 3 is 2.38 bits per heavy atom. The van der Waals surface area contributed by atoms with Crippen LogP contribution in [0.1, 0.15) is 28.9 Å². The summed E-state index contributed by atoms with van der Waals surface area (Å²) in [5.74, 6) is -0.682. The zero-order valence-corrected chi connectivity index (χ0v) is 17.6. The zero-order valence-electron chi connectivity index (χ0n) is 17.6. The molecule has 0 saturated heterocycles. The number of carbonyl (C=O) groups excluding carboxylic acids is 2. The standard InChI is InChI=1S/C26H23N3O3/c1-18(19-9-3-2-4-10-19)27-25(31)22-13-7-8-14-23(22)28-24(30)17-29-16-15-20-11-5-6-12-21(20)26(29)32/h2-16,18H,17H2,1H3,(H,27,31)(H,28,30)/t18-/m1/s1. The molecule has 1 aromatic heterocycles. The van der Waals surface area contributed by atoms with Gasteiger partial charge in [0.15, 0.2) is 0 Å². The van der Waals surface area contributed by atoms with Crippen molar-refractivity contribution in [2.75, 3.05) is 5.32 Å². The summed E-state index contributed by atoms with van der Waals surface area (Å²) < 4.78 is 1.36. The van der Waals surface area contributed by atoms with Crippen molar-refractivity contribution < 1.29 is 9.59 Å². The number of benzene rings is 3. The molecule has 4 rings (SSSR count). The molecule has 0 fully saturated rings. The van der Waals surface area contributed by atoms with Crippen LogP contribution in [-0.2, 0) is 11.3 Å². The van der Waals surface area contributed by atoms with Gasteiger partial charge in [0.05, 0.1) is 17.3 Å². The molecule has 0 aliphatic heterocycles. The van der Waals surface area contributed by atoms with E-state index < -0.39 is 5.91 Å². The van der Waals surface area contributed by atoms with Crippen molar-refractivity contribution in [2.24, 2.45) is 0 Å². The van der Waals surface area contributed by atoms with Crippen molar-refractivity contribution in [3.8, 4) is 0 Å². The van der Waals surface area contributed by atoms with Gasteiger partial charge in [-0.05, 0) is 42.1 Å². The molecule has 6 nitrogen and oxygen atoms in total. The summed E-state index contributed by atoms with van der Waals surface area (Å²) in [4.78, 5) is 38.2. The second-order valence-corrected chi connectivity index (χ2v) is 7.54. The predicted molar refractivity (Wildman–Crippen MR) is 126 cm³/mol. The molecule has 160 valence electrons. The number of rotatable bonds is 6. The molecule has 0 spiro atoms. The maximum absolute atomic E-state index is 12.9. The highest BCUT2D eigenvalue weighted by Gasteiger charge is 2.16. The van der Waals surface area contributed by atoms with E-state index >= 15 is 0 Å². The molecular formula is C26H23N3O3. The first-order chi connectivity index (χ1) is 15.5. The number of hydrogen-bond donors (Lipinski definition) is 2. The van der Waals surface area contributed by atoms with Crippen molar-refractivity contribution in [1.82, 2.24) is 9.88 Å². The number of fused-ring (bicyclic) bond motifs is 1. The second kappa shape index (κ2) is 9.31. The Hall–Kier alpha value is -4.19. The SMILES string of the molecule is C[C@@H](NC(=O)c1ccccc1NC(=O)Cn1ccc2ccccc2c1=O)c1ccccc1. The molecule has 0 aliphatic rings. The zero-order chi connectivity index (χ0) is 22.5. The fourth-order valence-electron chi connectivity index (χ4n) is 3.59. The molecule has 0 saturated carbocycles. The van der Waals surface area contributed by atoms with E-state index in [4.69, 9.17) is 0 Å². The van der Waals surface area contributed by atoms with E-state index in [2.05, 4.69) is 10.6 Å². The first-order valence-electron chi connectivity index (χ1n) is 10.4. The Labute approximate surface area is 185 Å². The van der Waals surface area contributed by atoms with Crippen molar-refractivity contribution in [3.05, 3.63) is 113 Å². The quantitative estimate of drug-likeness (QED) is 0.487. The van der Waals surface area contributed by atoms with E-state index in [0.717, 1.165) is 10.9 Å². The van der Waals surface area contributed by atoms with E-state index in [1.807, 2.05) is 49.4 Å². The van der Waals surface area contributed by atoms with Crippen LogP contribution in [0.2, 0.25) is 0 Å². The largest absolute Gasteiger partial charge is 0.345 e. The number of nitrogens with one attached hydrogen (secondary N) is 2. The molecule has 3 aromatic carbocycles. The first-order valence-corrected chi connectivity index (χ1v) is 10.4. The third kappa shape index (κ3) is 4.59. The van der Waals surface area contributed by atoms with Gasteiger partial charge in [-0.1, -0.05) is 60.7 Å². The van der Waals surface area contributed by atoms with Gasteiger partial charge < -0.3 is 15.2 Å². The van der Waals surface area contributed by atoms with Gasteiger partial charge in [-0.15, -0.1) is 0 Å². The van der Waals surface area contributed by atoms with Gasteiger partial charge in [-0.3, -0.25) is 14.4 Å². The Bertz CT molecular complexity index is 1330. The summed E-state index contributed by atoms with van der Waals surface area (Å²) in [5, 5.41) is 7.10. The van der Waals surface area contributed by atoms with Crippen LogP contribution in [0.15, 0.2) is 95.9 Å². The first kappa shape index (κ1) is 21.1. The van der Waals surface area contributed by atoms with E-state index in [1.54, 1.807) is 48.7 Å². The highest BCUT2D eigenvalue weighted by atomic mass is 16.2. The average Bonchev–Trinajstić information content (AvgIpc) is 2.82. The monoisotopic (exact) mass is 425 g/mol. The Kier molecular flexibility index (Phi) is 6.12. The smallest absolute Gasteiger partial charge is 0.258 e. The number of nitrogens with zero attached hydrogens (tertiary/aromatic N) is 1. The highest BCUT2D eigenvalue weighted by molar-refractivity contribution is 6.03. The Morgan fingerprint density at radius 1 is 0.875 bits per heavy atom. The molecule has 2 N–H and O–H groups in total. The van der Waals surface area contributed by atoms with Gasteiger partial charge in [0.25, 0.3) is 11.5 Å². The number of aromatic nitrogens is 1. The summed E-state index contributed by atoms with van der Waals surface area (Å²) in [6, 6.07) is 25.3. The van der Waals surface area contributed by atoms with Gasteiger partial charge >= 0.3 is 0 Å². The summed E-state index contributed by atoms with van der Waals surface area (Å²) >= 11 is 0. The predicted octanol–water partition coefficient (Wildman–Crippen LogP) is 4.13. The third-order valence-corrected chi connectivity index (χ3v) is 5.29. The lowest BCUT2D eigenvalue weighted by molar-refractivity contribution is -0.116. The second-order valence-electron chi connectivity index (χ2n) is 7.54. The van der Waals surface area contributed by atoms with Crippen molar-refractivity contribution in [3.63, 3.8) is 0 Å². The van der Waals surface area contributed by atoms with Crippen LogP contribution in [0.4, 0.5) is 5.69 Å². The Balaban J connectivity index is 1.49. The van der Waals surface area contributed by atoms with Crippen LogP contribution >= 0.6 is 0 Å². The van der Waals surface area contributed by atoms with Crippen LogP contribution in [-0.4, -0.2) is 16.4 Å². The van der Waals surface area contributed by atoms with Crippen LogP contribution in [0, 0.1) is 0 Å². The van der Waals surface area contributed by atoms with Gasteiger partial charge in [0, 0.05) is 11.6 Å². The highest BCUT2D eigenvalue weighted by Crippen LogP contribution is 2.18.